The van der Waals surface area contributed by atoms with Crippen LogP contribution in [-0.4, -0.2) is 25.5 Å². The van der Waals surface area contributed by atoms with E-state index in [1.165, 1.54) is 16.7 Å². The predicted molar refractivity (Wildman–Crippen MR) is 128 cm³/mol. The third-order valence-electron chi connectivity index (χ3n) is 5.03. The molecule has 162 valence electrons. The molecule has 0 spiro atoms. The van der Waals surface area contributed by atoms with Crippen molar-refractivity contribution in [3.8, 4) is 11.5 Å². The lowest BCUT2D eigenvalue weighted by Gasteiger charge is -2.16. The van der Waals surface area contributed by atoms with Gasteiger partial charge in [-0.15, -0.1) is 11.8 Å². The topological polar surface area (TPSA) is 55.8 Å². The Kier molecular flexibility index (Phi) is 6.61. The summed E-state index contributed by atoms with van der Waals surface area (Å²) in [6.45, 7) is 2.38. The average molecular weight is 446 g/mol. The molecule has 0 fully saturated rings. The maximum Gasteiger partial charge on any atom is 0.272 e. The van der Waals surface area contributed by atoms with Crippen molar-refractivity contribution < 1.29 is 19.1 Å². The van der Waals surface area contributed by atoms with Crippen molar-refractivity contribution in [1.29, 1.82) is 0 Å². The van der Waals surface area contributed by atoms with Gasteiger partial charge in [0, 0.05) is 17.4 Å². The summed E-state index contributed by atoms with van der Waals surface area (Å²) in [5, 5.41) is 0. The number of thioether (sulfide) groups is 1. The Morgan fingerprint density at radius 1 is 0.875 bits per heavy atom. The van der Waals surface area contributed by atoms with Gasteiger partial charge in [0.2, 0.25) is 0 Å². The fourth-order valence-electron chi connectivity index (χ4n) is 3.58. The van der Waals surface area contributed by atoms with Crippen molar-refractivity contribution in [2.24, 2.45) is 0 Å². The number of rotatable bonds is 8. The molecule has 0 bridgehead atoms. The summed E-state index contributed by atoms with van der Waals surface area (Å²) in [7, 11) is 1.56. The zero-order valence-electron chi connectivity index (χ0n) is 17.9. The zero-order valence-corrected chi connectivity index (χ0v) is 18.7. The van der Waals surface area contributed by atoms with Gasteiger partial charge in [0.15, 0.2) is 0 Å². The molecule has 0 atom stereocenters. The standard InChI is InChI=1S/C26H23NO4S/c1-3-31-20-13-9-12-19(16-20)27-25(28)23(21-14-7-8-15-22(21)30-2)24(26(27)29)32-17-18-10-5-4-6-11-18/h4-16H,3,17H2,1-2H3. The summed E-state index contributed by atoms with van der Waals surface area (Å²) < 4.78 is 11.1. The molecule has 0 saturated heterocycles. The number of imide groups is 1. The number of anilines is 1. The molecule has 3 aromatic carbocycles. The molecule has 0 N–H and O–H groups in total. The Labute approximate surface area is 191 Å². The normalized spacial score (nSPS) is 13.6. The molecule has 5 nitrogen and oxygen atoms in total. The highest BCUT2D eigenvalue weighted by Gasteiger charge is 2.41. The van der Waals surface area contributed by atoms with E-state index in [-0.39, 0.29) is 11.8 Å². The molecule has 0 radical (unpaired) electrons. The van der Waals surface area contributed by atoms with E-state index in [1.54, 1.807) is 37.4 Å². The number of amides is 2. The second-order valence-corrected chi connectivity index (χ2v) is 8.04. The molecule has 1 heterocycles. The first-order chi connectivity index (χ1) is 15.6. The van der Waals surface area contributed by atoms with E-state index in [0.29, 0.717) is 45.6 Å². The highest BCUT2D eigenvalue weighted by molar-refractivity contribution is 8.03. The summed E-state index contributed by atoms with van der Waals surface area (Å²) >= 11 is 1.36. The maximum absolute atomic E-state index is 13.6. The van der Waals surface area contributed by atoms with Gasteiger partial charge in [0.05, 0.1) is 29.9 Å². The number of para-hydroxylation sites is 1. The minimum Gasteiger partial charge on any atom is -0.496 e. The number of ether oxygens (including phenoxy) is 2. The molecular formula is C26H23NO4S. The Balaban J connectivity index is 1.77. The highest BCUT2D eigenvalue weighted by atomic mass is 32.2. The van der Waals surface area contributed by atoms with E-state index in [2.05, 4.69) is 0 Å². The number of nitrogens with zero attached hydrogens (tertiary/aromatic N) is 1. The number of hydrogen-bond acceptors (Lipinski definition) is 5. The molecule has 0 unspecified atom stereocenters. The minimum atomic E-state index is -0.372. The van der Waals surface area contributed by atoms with Crippen LogP contribution in [0.4, 0.5) is 5.69 Å². The molecular weight excluding hydrogens is 422 g/mol. The van der Waals surface area contributed by atoms with Gasteiger partial charge in [-0.25, -0.2) is 4.90 Å². The number of hydrogen-bond donors (Lipinski definition) is 0. The fraction of sp³-hybridized carbons (Fsp3) is 0.154. The molecule has 3 aromatic rings. The van der Waals surface area contributed by atoms with Gasteiger partial charge in [-0.2, -0.15) is 0 Å². The smallest absolute Gasteiger partial charge is 0.272 e. The van der Waals surface area contributed by atoms with Crippen LogP contribution < -0.4 is 14.4 Å². The van der Waals surface area contributed by atoms with Gasteiger partial charge >= 0.3 is 0 Å². The summed E-state index contributed by atoms with van der Waals surface area (Å²) in [5.74, 6) is 1.01. The van der Waals surface area contributed by atoms with E-state index in [4.69, 9.17) is 9.47 Å². The van der Waals surface area contributed by atoms with Crippen molar-refractivity contribution in [3.63, 3.8) is 0 Å². The molecule has 2 amide bonds. The number of benzene rings is 3. The van der Waals surface area contributed by atoms with Crippen LogP contribution in [0.15, 0.2) is 83.8 Å². The molecule has 0 aromatic heterocycles. The minimum absolute atomic E-state index is 0.342. The Hall–Kier alpha value is -3.51. The second-order valence-electron chi connectivity index (χ2n) is 7.05. The third-order valence-corrected chi connectivity index (χ3v) is 6.18. The molecule has 1 aliphatic heterocycles. The number of carbonyl (C=O) groups excluding carboxylic acids is 2. The van der Waals surface area contributed by atoms with E-state index >= 15 is 0 Å². The summed E-state index contributed by atoms with van der Waals surface area (Å²) in [4.78, 5) is 28.8. The highest BCUT2D eigenvalue weighted by Crippen LogP contribution is 2.42. The van der Waals surface area contributed by atoms with E-state index < -0.39 is 0 Å². The Morgan fingerprint density at radius 3 is 2.38 bits per heavy atom. The van der Waals surface area contributed by atoms with Gasteiger partial charge in [0.25, 0.3) is 11.8 Å². The van der Waals surface area contributed by atoms with Crippen LogP contribution in [0.5, 0.6) is 11.5 Å². The zero-order chi connectivity index (χ0) is 22.5. The summed E-state index contributed by atoms with van der Waals surface area (Å²) in [6, 6.07) is 24.2. The molecule has 6 heteroatoms. The van der Waals surface area contributed by atoms with Crippen LogP contribution in [0.1, 0.15) is 18.1 Å². The van der Waals surface area contributed by atoms with Crippen molar-refractivity contribution in [3.05, 3.63) is 94.9 Å². The lowest BCUT2D eigenvalue weighted by molar-refractivity contribution is -0.119. The van der Waals surface area contributed by atoms with Crippen LogP contribution in [-0.2, 0) is 15.3 Å². The van der Waals surface area contributed by atoms with E-state index in [0.717, 1.165) is 5.56 Å². The maximum atomic E-state index is 13.6. The van der Waals surface area contributed by atoms with E-state index in [9.17, 15) is 9.59 Å². The lowest BCUT2D eigenvalue weighted by Crippen LogP contribution is -2.31. The lowest BCUT2D eigenvalue weighted by atomic mass is 10.0. The number of carbonyl (C=O) groups is 2. The summed E-state index contributed by atoms with van der Waals surface area (Å²) in [6.07, 6.45) is 0. The Morgan fingerprint density at radius 2 is 1.62 bits per heavy atom. The van der Waals surface area contributed by atoms with Gasteiger partial charge in [-0.3, -0.25) is 9.59 Å². The molecule has 32 heavy (non-hydrogen) atoms. The van der Waals surface area contributed by atoms with Gasteiger partial charge in [0.1, 0.15) is 11.5 Å². The molecule has 1 aliphatic rings. The summed E-state index contributed by atoms with van der Waals surface area (Å²) in [5.41, 5.74) is 2.51. The number of methoxy groups -OCH3 is 1. The van der Waals surface area contributed by atoms with Crippen molar-refractivity contribution in [2.75, 3.05) is 18.6 Å². The monoisotopic (exact) mass is 445 g/mol. The molecule has 4 rings (SSSR count). The van der Waals surface area contributed by atoms with Gasteiger partial charge in [-0.1, -0.05) is 54.6 Å². The fourth-order valence-corrected chi connectivity index (χ4v) is 4.64. The molecule has 0 saturated carbocycles. The predicted octanol–water partition coefficient (Wildman–Crippen LogP) is 5.31. The van der Waals surface area contributed by atoms with Crippen LogP contribution in [0.3, 0.4) is 0 Å². The van der Waals surface area contributed by atoms with Crippen LogP contribution in [0.25, 0.3) is 5.57 Å². The van der Waals surface area contributed by atoms with E-state index in [1.807, 2.05) is 55.5 Å². The van der Waals surface area contributed by atoms with Crippen molar-refractivity contribution >= 4 is 34.8 Å². The first-order valence-electron chi connectivity index (χ1n) is 10.3. The second kappa shape index (κ2) is 9.75. The van der Waals surface area contributed by atoms with Crippen LogP contribution >= 0.6 is 11.8 Å². The van der Waals surface area contributed by atoms with Gasteiger partial charge < -0.3 is 9.47 Å². The first kappa shape index (κ1) is 21.7. The third kappa shape index (κ3) is 4.27. The SMILES string of the molecule is CCOc1cccc(N2C(=O)C(SCc3ccccc3)=C(c3ccccc3OC)C2=O)c1. The van der Waals surface area contributed by atoms with Crippen molar-refractivity contribution in [1.82, 2.24) is 0 Å². The molecule has 0 aliphatic carbocycles. The van der Waals surface area contributed by atoms with Crippen LogP contribution in [0.2, 0.25) is 0 Å². The van der Waals surface area contributed by atoms with Crippen molar-refractivity contribution in [2.45, 2.75) is 12.7 Å². The Bertz CT molecular complexity index is 1170. The van der Waals surface area contributed by atoms with Gasteiger partial charge in [-0.05, 0) is 30.7 Å². The van der Waals surface area contributed by atoms with Crippen LogP contribution in [0, 0.1) is 0 Å². The largest absolute Gasteiger partial charge is 0.496 e. The quantitative estimate of drug-likeness (QED) is 0.440. The first-order valence-corrected chi connectivity index (χ1v) is 11.3. The average Bonchev–Trinajstić information content (AvgIpc) is 3.07.